The predicted octanol–water partition coefficient (Wildman–Crippen LogP) is 8.02. The number of hydrogen-bond donors (Lipinski definition) is 1. The van der Waals surface area contributed by atoms with E-state index in [1.54, 1.807) is 0 Å². The first-order valence-electron chi connectivity index (χ1n) is 13.7. The Hall–Kier alpha value is -0.300. The number of allylic oxidation sites excluding steroid dienone is 2. The summed E-state index contributed by atoms with van der Waals surface area (Å²) in [4.78, 5) is 0. The van der Waals surface area contributed by atoms with Crippen LogP contribution in [0.4, 0.5) is 0 Å². The van der Waals surface area contributed by atoms with Crippen LogP contribution in [0.1, 0.15) is 113 Å². The second-order valence-electron chi connectivity index (χ2n) is 14.8. The second-order valence-corrected chi connectivity index (χ2v) is 14.8. The minimum atomic E-state index is -0.105. The minimum Gasteiger partial charge on any atom is -0.393 e. The van der Waals surface area contributed by atoms with Gasteiger partial charge >= 0.3 is 0 Å². The highest BCUT2D eigenvalue weighted by Crippen LogP contribution is 2.76. The average molecular weight is 427 g/mol. The van der Waals surface area contributed by atoms with Crippen molar-refractivity contribution in [1.82, 2.24) is 0 Å². The Labute approximate surface area is 192 Å². The lowest BCUT2D eigenvalue weighted by atomic mass is 9.36. The van der Waals surface area contributed by atoms with Gasteiger partial charge in [-0.05, 0) is 108 Å². The second kappa shape index (κ2) is 6.64. The normalized spacial score (nSPS) is 55.7. The molecule has 0 saturated heterocycles. The van der Waals surface area contributed by atoms with Gasteiger partial charge in [-0.1, -0.05) is 73.5 Å². The molecular weight excluding hydrogens is 376 g/mol. The van der Waals surface area contributed by atoms with Crippen LogP contribution in [0.25, 0.3) is 0 Å². The molecule has 1 N–H and O–H groups in total. The average Bonchev–Trinajstić information content (AvgIpc) is 2.94. The Morgan fingerprint density at radius 3 is 2.26 bits per heavy atom. The van der Waals surface area contributed by atoms with Crippen molar-refractivity contribution in [3.63, 3.8) is 0 Å². The van der Waals surface area contributed by atoms with Crippen LogP contribution in [-0.2, 0) is 0 Å². The molecule has 9 atom stereocenters. The predicted molar refractivity (Wildman–Crippen MR) is 131 cm³/mol. The molecule has 0 bridgehead atoms. The molecule has 4 fully saturated rings. The van der Waals surface area contributed by atoms with Gasteiger partial charge < -0.3 is 5.11 Å². The molecule has 5 aliphatic rings. The fourth-order valence-electron chi connectivity index (χ4n) is 11.4. The van der Waals surface area contributed by atoms with E-state index in [2.05, 4.69) is 61.5 Å². The van der Waals surface area contributed by atoms with Crippen molar-refractivity contribution in [3.8, 4) is 0 Å². The van der Waals surface area contributed by atoms with E-state index in [9.17, 15) is 5.11 Å². The summed E-state index contributed by atoms with van der Waals surface area (Å²) in [5.74, 6) is 3.33. The van der Waals surface area contributed by atoms with Gasteiger partial charge in [0.25, 0.3) is 0 Å². The van der Waals surface area contributed by atoms with Gasteiger partial charge in [-0.15, -0.1) is 0 Å². The number of aliphatic hydroxyl groups excluding tert-OH is 1. The minimum absolute atomic E-state index is 0.105. The van der Waals surface area contributed by atoms with E-state index in [0.29, 0.717) is 44.8 Å². The first kappa shape index (κ1) is 22.5. The monoisotopic (exact) mass is 426 g/mol. The number of hydrogen-bond acceptors (Lipinski definition) is 1. The molecule has 0 amide bonds. The SMILES string of the molecule is CC(C)C1C(O)CC2C1(C)CCC1(C)C3CCC4C(C)(C)CCCC4(C)C3=CCC21C. The van der Waals surface area contributed by atoms with E-state index in [1.165, 1.54) is 51.4 Å². The Morgan fingerprint density at radius 1 is 0.871 bits per heavy atom. The maximum Gasteiger partial charge on any atom is 0.0579 e. The summed E-state index contributed by atoms with van der Waals surface area (Å²) in [7, 11) is 0. The zero-order valence-corrected chi connectivity index (χ0v) is 21.9. The lowest BCUT2D eigenvalue weighted by Gasteiger charge is -2.69. The van der Waals surface area contributed by atoms with Crippen molar-refractivity contribution in [2.45, 2.75) is 119 Å². The third kappa shape index (κ3) is 2.65. The Balaban J connectivity index is 1.57. The van der Waals surface area contributed by atoms with Crippen LogP contribution >= 0.6 is 0 Å². The molecule has 5 aliphatic carbocycles. The third-order valence-corrected chi connectivity index (χ3v) is 12.9. The van der Waals surface area contributed by atoms with Gasteiger partial charge in [0.1, 0.15) is 0 Å². The highest BCUT2D eigenvalue weighted by molar-refractivity contribution is 5.33. The molecular formula is C30H50O. The molecule has 0 aliphatic heterocycles. The van der Waals surface area contributed by atoms with Gasteiger partial charge in [0.15, 0.2) is 0 Å². The first-order chi connectivity index (χ1) is 14.3. The fourth-order valence-corrected chi connectivity index (χ4v) is 11.4. The number of fused-ring (bicyclic) bond motifs is 7. The molecule has 31 heavy (non-hydrogen) atoms. The Morgan fingerprint density at radius 2 is 1.58 bits per heavy atom. The number of aliphatic hydroxyl groups is 1. The van der Waals surface area contributed by atoms with Crippen LogP contribution in [-0.4, -0.2) is 11.2 Å². The maximum atomic E-state index is 11.2. The van der Waals surface area contributed by atoms with E-state index in [1.807, 2.05) is 5.57 Å². The summed E-state index contributed by atoms with van der Waals surface area (Å²) in [6.07, 6.45) is 14.7. The maximum absolute atomic E-state index is 11.2. The fraction of sp³-hybridized carbons (Fsp3) is 0.933. The zero-order chi connectivity index (χ0) is 22.6. The molecule has 0 aromatic rings. The summed E-state index contributed by atoms with van der Waals surface area (Å²) in [6, 6.07) is 0. The summed E-state index contributed by atoms with van der Waals surface area (Å²) >= 11 is 0. The van der Waals surface area contributed by atoms with Gasteiger partial charge in [-0.2, -0.15) is 0 Å². The Kier molecular flexibility index (Phi) is 4.82. The molecule has 0 heterocycles. The molecule has 0 spiro atoms. The summed E-state index contributed by atoms with van der Waals surface area (Å²) in [5.41, 5.74) is 3.81. The molecule has 0 aromatic heterocycles. The van der Waals surface area contributed by atoms with E-state index in [-0.39, 0.29) is 6.10 Å². The summed E-state index contributed by atoms with van der Waals surface area (Å²) < 4.78 is 0. The van der Waals surface area contributed by atoms with Crippen LogP contribution in [0.3, 0.4) is 0 Å². The van der Waals surface area contributed by atoms with Crippen molar-refractivity contribution >= 4 is 0 Å². The molecule has 1 heteroatoms. The lowest BCUT2D eigenvalue weighted by Crippen LogP contribution is -2.61. The van der Waals surface area contributed by atoms with E-state index < -0.39 is 0 Å². The molecule has 0 aromatic carbocycles. The van der Waals surface area contributed by atoms with E-state index in [4.69, 9.17) is 0 Å². The van der Waals surface area contributed by atoms with Crippen LogP contribution in [0, 0.1) is 56.7 Å². The van der Waals surface area contributed by atoms with Crippen molar-refractivity contribution in [3.05, 3.63) is 11.6 Å². The van der Waals surface area contributed by atoms with Gasteiger partial charge in [0.2, 0.25) is 0 Å². The van der Waals surface area contributed by atoms with E-state index >= 15 is 0 Å². The van der Waals surface area contributed by atoms with Crippen molar-refractivity contribution in [1.29, 1.82) is 0 Å². The van der Waals surface area contributed by atoms with Crippen molar-refractivity contribution < 1.29 is 5.11 Å². The molecule has 1 nitrogen and oxygen atoms in total. The molecule has 9 unspecified atom stereocenters. The lowest BCUT2D eigenvalue weighted by molar-refractivity contribution is -0.157. The van der Waals surface area contributed by atoms with Gasteiger partial charge in [-0.25, -0.2) is 0 Å². The zero-order valence-electron chi connectivity index (χ0n) is 21.9. The highest BCUT2D eigenvalue weighted by Gasteiger charge is 2.69. The van der Waals surface area contributed by atoms with Crippen molar-refractivity contribution in [2.24, 2.45) is 56.7 Å². The topological polar surface area (TPSA) is 20.2 Å². The number of rotatable bonds is 1. The van der Waals surface area contributed by atoms with Crippen molar-refractivity contribution in [2.75, 3.05) is 0 Å². The third-order valence-electron chi connectivity index (χ3n) is 12.9. The first-order valence-corrected chi connectivity index (χ1v) is 13.7. The van der Waals surface area contributed by atoms with Crippen LogP contribution in [0.15, 0.2) is 11.6 Å². The van der Waals surface area contributed by atoms with Crippen LogP contribution < -0.4 is 0 Å². The smallest absolute Gasteiger partial charge is 0.0579 e. The largest absolute Gasteiger partial charge is 0.393 e. The highest BCUT2D eigenvalue weighted by atomic mass is 16.3. The van der Waals surface area contributed by atoms with Crippen LogP contribution in [0.5, 0.6) is 0 Å². The quantitative estimate of drug-likeness (QED) is 0.421. The summed E-state index contributed by atoms with van der Waals surface area (Å²) in [6.45, 7) is 20.4. The molecule has 0 radical (unpaired) electrons. The van der Waals surface area contributed by atoms with Gasteiger partial charge in [0.05, 0.1) is 6.10 Å². The summed E-state index contributed by atoms with van der Waals surface area (Å²) in [5, 5.41) is 11.2. The molecule has 176 valence electrons. The van der Waals surface area contributed by atoms with Gasteiger partial charge in [-0.3, -0.25) is 0 Å². The standard InChI is InChI=1S/C30H50O/c1-19(2)25-22(31)18-24-28(25,6)16-17-29(7)21-10-11-23-26(3,4)13-9-14-27(23,5)20(21)12-15-30(24,29)8/h12,19,21-25,31H,9-11,13-18H2,1-8H3. The van der Waals surface area contributed by atoms with Gasteiger partial charge in [0, 0.05) is 0 Å². The molecule has 4 saturated carbocycles. The molecule has 5 rings (SSSR count). The van der Waals surface area contributed by atoms with E-state index in [0.717, 1.165) is 18.3 Å². The Bertz CT molecular complexity index is 777. The van der Waals surface area contributed by atoms with Crippen LogP contribution in [0.2, 0.25) is 0 Å².